The lowest BCUT2D eigenvalue weighted by Crippen LogP contribution is -2.17. The Morgan fingerprint density at radius 1 is 1.07 bits per heavy atom. The summed E-state index contributed by atoms with van der Waals surface area (Å²) in [5.41, 5.74) is 0. The van der Waals surface area contributed by atoms with Gasteiger partial charge in [0, 0.05) is 13.2 Å². The van der Waals surface area contributed by atoms with E-state index in [0.717, 1.165) is 19.7 Å². The third kappa shape index (κ3) is 6.91. The van der Waals surface area contributed by atoms with Crippen LogP contribution in [0.2, 0.25) is 0 Å². The Morgan fingerprint density at radius 2 is 1.80 bits per heavy atom. The molecule has 0 bridgehead atoms. The smallest absolute Gasteiger partial charge is 0.0711 e. The molecule has 0 amide bonds. The van der Waals surface area contributed by atoms with Gasteiger partial charge in [0.15, 0.2) is 0 Å². The molecule has 0 spiro atoms. The predicted octanol–water partition coefficient (Wildman–Crippen LogP) is 3.12. The van der Waals surface area contributed by atoms with Crippen LogP contribution in [0, 0.1) is 0 Å². The quantitative estimate of drug-likeness (QED) is 0.594. The van der Waals surface area contributed by atoms with E-state index in [0.29, 0.717) is 6.10 Å². The average molecular weight is 213 g/mol. The van der Waals surface area contributed by atoms with Crippen molar-refractivity contribution in [2.75, 3.05) is 19.7 Å². The first kappa shape index (κ1) is 13.0. The molecule has 2 nitrogen and oxygen atoms in total. The Balaban J connectivity index is 1.73. The number of unbranched alkanes of at least 4 members (excludes halogenated alkanes) is 6. The van der Waals surface area contributed by atoms with E-state index in [-0.39, 0.29) is 0 Å². The molecule has 1 heterocycles. The topological polar surface area (TPSA) is 21.3 Å². The summed E-state index contributed by atoms with van der Waals surface area (Å²) in [4.78, 5) is 0. The van der Waals surface area contributed by atoms with Gasteiger partial charge in [-0.2, -0.15) is 0 Å². The zero-order valence-electron chi connectivity index (χ0n) is 10.3. The van der Waals surface area contributed by atoms with E-state index in [1.165, 1.54) is 51.4 Å². The van der Waals surface area contributed by atoms with Gasteiger partial charge in [-0.1, -0.05) is 45.4 Å². The highest BCUT2D eigenvalue weighted by atomic mass is 16.5. The van der Waals surface area contributed by atoms with Crippen molar-refractivity contribution in [3.63, 3.8) is 0 Å². The number of hydrogen-bond acceptors (Lipinski definition) is 2. The molecular formula is C13H27NO. The van der Waals surface area contributed by atoms with Crippen LogP contribution in [0.5, 0.6) is 0 Å². The Morgan fingerprint density at radius 3 is 2.47 bits per heavy atom. The highest BCUT2D eigenvalue weighted by Gasteiger charge is 2.13. The van der Waals surface area contributed by atoms with E-state index in [2.05, 4.69) is 12.2 Å². The maximum atomic E-state index is 5.77. The van der Waals surface area contributed by atoms with E-state index in [4.69, 9.17) is 4.74 Å². The van der Waals surface area contributed by atoms with Gasteiger partial charge < -0.3 is 10.1 Å². The number of ether oxygens (including phenoxy) is 1. The summed E-state index contributed by atoms with van der Waals surface area (Å²) in [5, 5.41) is 3.32. The minimum atomic E-state index is 0.505. The number of rotatable bonds is 9. The van der Waals surface area contributed by atoms with Crippen molar-refractivity contribution in [3.8, 4) is 0 Å². The lowest BCUT2D eigenvalue weighted by molar-refractivity contribution is 0.0641. The van der Waals surface area contributed by atoms with Gasteiger partial charge in [-0.3, -0.25) is 0 Å². The van der Waals surface area contributed by atoms with Crippen LogP contribution in [-0.4, -0.2) is 25.8 Å². The summed E-state index contributed by atoms with van der Waals surface area (Å²) in [6, 6.07) is 0. The first-order valence-electron chi connectivity index (χ1n) is 6.76. The predicted molar refractivity (Wildman–Crippen MR) is 65.2 cm³/mol. The van der Waals surface area contributed by atoms with Crippen molar-refractivity contribution < 1.29 is 4.74 Å². The van der Waals surface area contributed by atoms with Crippen molar-refractivity contribution in [2.45, 2.75) is 64.4 Å². The number of nitrogens with one attached hydrogen (secondary N) is 1. The summed E-state index contributed by atoms with van der Waals surface area (Å²) in [6.07, 6.45) is 11.3. The van der Waals surface area contributed by atoms with Crippen LogP contribution in [0.1, 0.15) is 58.3 Å². The molecule has 0 radical (unpaired) electrons. The molecule has 1 rings (SSSR count). The standard InChI is InChI=1S/C13H27NO/c1-2-3-4-5-6-7-8-11-15-13-9-10-14-12-13/h13-14H,2-12H2,1H3. The molecule has 2 heteroatoms. The molecule has 1 aliphatic rings. The Hall–Kier alpha value is -0.0800. The molecule has 0 aromatic rings. The average Bonchev–Trinajstić information content (AvgIpc) is 2.75. The largest absolute Gasteiger partial charge is 0.377 e. The maximum absolute atomic E-state index is 5.77. The van der Waals surface area contributed by atoms with Crippen LogP contribution >= 0.6 is 0 Å². The van der Waals surface area contributed by atoms with Crippen LogP contribution in [0.25, 0.3) is 0 Å². The zero-order valence-corrected chi connectivity index (χ0v) is 10.3. The monoisotopic (exact) mass is 213 g/mol. The molecule has 0 saturated carbocycles. The second-order valence-corrected chi connectivity index (χ2v) is 4.61. The fourth-order valence-corrected chi connectivity index (χ4v) is 2.08. The lowest BCUT2D eigenvalue weighted by atomic mass is 10.1. The highest BCUT2D eigenvalue weighted by molar-refractivity contribution is 4.70. The van der Waals surface area contributed by atoms with E-state index in [1.54, 1.807) is 0 Å². The summed E-state index contributed by atoms with van der Waals surface area (Å²) in [7, 11) is 0. The van der Waals surface area contributed by atoms with Crippen molar-refractivity contribution in [3.05, 3.63) is 0 Å². The molecule has 1 N–H and O–H groups in total. The molecule has 1 unspecified atom stereocenters. The van der Waals surface area contributed by atoms with Crippen LogP contribution in [-0.2, 0) is 4.74 Å². The molecule has 0 aliphatic carbocycles. The van der Waals surface area contributed by atoms with Crippen LogP contribution < -0.4 is 5.32 Å². The molecule has 0 aromatic carbocycles. The lowest BCUT2D eigenvalue weighted by Gasteiger charge is -2.09. The second-order valence-electron chi connectivity index (χ2n) is 4.61. The Kier molecular flexibility index (Phi) is 7.94. The molecule has 1 atom stereocenters. The van der Waals surface area contributed by atoms with E-state index < -0.39 is 0 Å². The molecule has 1 fully saturated rings. The summed E-state index contributed by atoms with van der Waals surface area (Å²) >= 11 is 0. The maximum Gasteiger partial charge on any atom is 0.0711 e. The zero-order chi connectivity index (χ0) is 10.8. The van der Waals surface area contributed by atoms with Crippen LogP contribution in [0.15, 0.2) is 0 Å². The van der Waals surface area contributed by atoms with Gasteiger partial charge in [0.1, 0.15) is 0 Å². The van der Waals surface area contributed by atoms with Crippen molar-refractivity contribution in [2.24, 2.45) is 0 Å². The summed E-state index contributed by atoms with van der Waals surface area (Å²) in [5.74, 6) is 0. The van der Waals surface area contributed by atoms with E-state index in [9.17, 15) is 0 Å². The van der Waals surface area contributed by atoms with Crippen molar-refractivity contribution >= 4 is 0 Å². The first-order valence-corrected chi connectivity index (χ1v) is 6.76. The van der Waals surface area contributed by atoms with Gasteiger partial charge in [0.25, 0.3) is 0 Å². The van der Waals surface area contributed by atoms with E-state index >= 15 is 0 Å². The number of hydrogen-bond donors (Lipinski definition) is 1. The van der Waals surface area contributed by atoms with Gasteiger partial charge in [0.05, 0.1) is 6.10 Å². The normalized spacial score (nSPS) is 21.0. The first-order chi connectivity index (χ1) is 7.43. The van der Waals surface area contributed by atoms with Gasteiger partial charge in [-0.15, -0.1) is 0 Å². The van der Waals surface area contributed by atoms with Crippen molar-refractivity contribution in [1.29, 1.82) is 0 Å². The minimum Gasteiger partial charge on any atom is -0.377 e. The highest BCUT2D eigenvalue weighted by Crippen LogP contribution is 2.08. The third-order valence-electron chi connectivity index (χ3n) is 3.12. The van der Waals surface area contributed by atoms with Gasteiger partial charge in [-0.05, 0) is 19.4 Å². The SMILES string of the molecule is CCCCCCCCCOC1CCNC1. The molecule has 15 heavy (non-hydrogen) atoms. The van der Waals surface area contributed by atoms with Crippen LogP contribution in [0.4, 0.5) is 0 Å². The molecular weight excluding hydrogens is 186 g/mol. The third-order valence-corrected chi connectivity index (χ3v) is 3.12. The summed E-state index contributed by atoms with van der Waals surface area (Å²) in [6.45, 7) is 5.45. The van der Waals surface area contributed by atoms with E-state index in [1.807, 2.05) is 0 Å². The minimum absolute atomic E-state index is 0.505. The Labute approximate surface area is 94.8 Å². The molecule has 1 aliphatic heterocycles. The van der Waals surface area contributed by atoms with Gasteiger partial charge in [0.2, 0.25) is 0 Å². The molecule has 1 saturated heterocycles. The van der Waals surface area contributed by atoms with Crippen molar-refractivity contribution in [1.82, 2.24) is 5.32 Å². The summed E-state index contributed by atoms with van der Waals surface area (Å²) < 4.78 is 5.77. The van der Waals surface area contributed by atoms with Gasteiger partial charge in [-0.25, -0.2) is 0 Å². The fourth-order valence-electron chi connectivity index (χ4n) is 2.08. The van der Waals surface area contributed by atoms with Crippen LogP contribution in [0.3, 0.4) is 0 Å². The molecule has 0 aromatic heterocycles. The second kappa shape index (κ2) is 9.17. The fraction of sp³-hybridized carbons (Fsp3) is 1.00. The van der Waals surface area contributed by atoms with Gasteiger partial charge >= 0.3 is 0 Å². The molecule has 90 valence electrons. The Bertz CT molecular complexity index is 132.